The Bertz CT molecular complexity index is 368. The van der Waals surface area contributed by atoms with E-state index in [-0.39, 0.29) is 12.4 Å². The van der Waals surface area contributed by atoms with Gasteiger partial charge in [-0.15, -0.1) is 0 Å². The highest BCUT2D eigenvalue weighted by Gasteiger charge is 2.33. The number of ether oxygens (including phenoxy) is 2. The molecule has 1 unspecified atom stereocenters. The molecule has 1 fully saturated rings. The fraction of sp³-hybridized carbons (Fsp3) is 0.684. The van der Waals surface area contributed by atoms with E-state index in [1.54, 1.807) is 7.11 Å². The van der Waals surface area contributed by atoms with Crippen molar-refractivity contribution in [3.8, 4) is 0 Å². The lowest BCUT2D eigenvalue weighted by atomic mass is 9.92. The second kappa shape index (κ2) is 9.97. The highest BCUT2D eigenvalue weighted by atomic mass is 16.7. The quantitative estimate of drug-likeness (QED) is 0.417. The van der Waals surface area contributed by atoms with Gasteiger partial charge in [-0.05, 0) is 45.4 Å². The molecule has 1 heterocycles. The topological polar surface area (TPSA) is 18.5 Å². The maximum absolute atomic E-state index is 6.03. The van der Waals surface area contributed by atoms with Gasteiger partial charge in [0.25, 0.3) is 0 Å². The number of allylic oxidation sites excluding steroid dienone is 4. The summed E-state index contributed by atoms with van der Waals surface area (Å²) < 4.78 is 11.4. The Hall–Kier alpha value is -0.860. The lowest BCUT2D eigenvalue weighted by molar-refractivity contribution is -0.105. The molecule has 0 aromatic rings. The van der Waals surface area contributed by atoms with Crippen LogP contribution in [0, 0.1) is 5.92 Å². The van der Waals surface area contributed by atoms with Crippen molar-refractivity contribution in [1.82, 2.24) is 0 Å². The summed E-state index contributed by atoms with van der Waals surface area (Å²) in [5.74, 6) is 0.555. The molecule has 1 rings (SSSR count). The molecule has 0 aliphatic carbocycles. The summed E-state index contributed by atoms with van der Waals surface area (Å²) in [5, 5.41) is 0. The smallest absolute Gasteiger partial charge is 0.158 e. The van der Waals surface area contributed by atoms with E-state index in [9.17, 15) is 0 Å². The molecule has 1 aliphatic heterocycles. The fourth-order valence-electron chi connectivity index (χ4n) is 2.85. The van der Waals surface area contributed by atoms with Crippen LogP contribution in [0.4, 0.5) is 0 Å². The van der Waals surface area contributed by atoms with E-state index in [1.807, 2.05) is 6.08 Å². The predicted molar refractivity (Wildman–Crippen MR) is 90.2 cm³/mol. The molecule has 0 amide bonds. The number of methoxy groups -OCH3 is 1. The van der Waals surface area contributed by atoms with Crippen LogP contribution < -0.4 is 0 Å². The van der Waals surface area contributed by atoms with E-state index in [4.69, 9.17) is 9.47 Å². The van der Waals surface area contributed by atoms with Crippen LogP contribution in [-0.4, -0.2) is 19.5 Å². The molecule has 0 aromatic heterocycles. The first-order chi connectivity index (χ1) is 10.1. The van der Waals surface area contributed by atoms with Crippen molar-refractivity contribution in [2.75, 3.05) is 7.11 Å². The molecule has 0 N–H and O–H groups in total. The molecule has 120 valence electrons. The Labute approximate surface area is 130 Å². The van der Waals surface area contributed by atoms with Gasteiger partial charge in [-0.1, -0.05) is 49.3 Å². The maximum Gasteiger partial charge on any atom is 0.158 e. The van der Waals surface area contributed by atoms with Crippen molar-refractivity contribution in [2.24, 2.45) is 5.92 Å². The highest BCUT2D eigenvalue weighted by Crippen LogP contribution is 2.33. The summed E-state index contributed by atoms with van der Waals surface area (Å²) in [6.45, 7) is 10.4. The first-order valence-corrected chi connectivity index (χ1v) is 8.24. The number of unbranched alkanes of at least 4 members (excludes halogenated alkanes) is 1. The van der Waals surface area contributed by atoms with Crippen LogP contribution >= 0.6 is 0 Å². The van der Waals surface area contributed by atoms with Gasteiger partial charge in [0.15, 0.2) is 6.29 Å². The molecule has 2 heteroatoms. The van der Waals surface area contributed by atoms with E-state index < -0.39 is 0 Å². The van der Waals surface area contributed by atoms with Crippen molar-refractivity contribution >= 4 is 0 Å². The van der Waals surface area contributed by atoms with Gasteiger partial charge in [0.05, 0.1) is 6.10 Å². The van der Waals surface area contributed by atoms with Crippen molar-refractivity contribution in [1.29, 1.82) is 0 Å². The maximum atomic E-state index is 6.03. The summed E-state index contributed by atoms with van der Waals surface area (Å²) in [5.41, 5.74) is 2.83. The summed E-state index contributed by atoms with van der Waals surface area (Å²) in [4.78, 5) is 0. The second-order valence-electron chi connectivity index (χ2n) is 6.17. The minimum atomic E-state index is -0.0427. The average molecular weight is 292 g/mol. The van der Waals surface area contributed by atoms with Gasteiger partial charge in [0.1, 0.15) is 0 Å². The van der Waals surface area contributed by atoms with Crippen molar-refractivity contribution in [3.05, 3.63) is 36.0 Å². The number of hydrogen-bond donors (Lipinski definition) is 0. The zero-order valence-electron chi connectivity index (χ0n) is 14.2. The SMILES string of the molecule is C=C/C=C(\C)CC[C@H]1CC(OC)O[C@@H]1/C=C(\C)CCCC. The standard InChI is InChI=1S/C19H32O2/c1-6-8-10-16(4)13-18-17(14-19(20-5)21-18)12-11-15(3)9-7-2/h7,9,13,17-19H,2,6,8,10-12,14H2,1,3-5H3/b15-9+,16-13+/t17-,18+,19?/m0/s1. The average Bonchev–Trinajstić information content (AvgIpc) is 2.85. The van der Waals surface area contributed by atoms with E-state index in [0.29, 0.717) is 5.92 Å². The van der Waals surface area contributed by atoms with E-state index in [1.165, 1.54) is 30.4 Å². The minimum absolute atomic E-state index is 0.0427. The molecule has 1 saturated heterocycles. The Kier molecular flexibility index (Phi) is 8.63. The van der Waals surface area contributed by atoms with Crippen LogP contribution in [0.15, 0.2) is 36.0 Å². The molecule has 0 saturated carbocycles. The normalized spacial score (nSPS) is 27.1. The fourth-order valence-corrected chi connectivity index (χ4v) is 2.85. The zero-order chi connectivity index (χ0) is 15.7. The van der Waals surface area contributed by atoms with Crippen LogP contribution in [0.1, 0.15) is 59.3 Å². The summed E-state index contributed by atoms with van der Waals surface area (Å²) in [7, 11) is 1.74. The third-order valence-corrected chi connectivity index (χ3v) is 4.22. The van der Waals surface area contributed by atoms with Gasteiger partial charge in [0, 0.05) is 13.5 Å². The highest BCUT2D eigenvalue weighted by molar-refractivity contribution is 5.09. The second-order valence-corrected chi connectivity index (χ2v) is 6.17. The van der Waals surface area contributed by atoms with Crippen molar-refractivity contribution in [3.63, 3.8) is 0 Å². The van der Waals surface area contributed by atoms with Crippen molar-refractivity contribution < 1.29 is 9.47 Å². The van der Waals surface area contributed by atoms with Crippen LogP contribution in [0.2, 0.25) is 0 Å². The van der Waals surface area contributed by atoms with Gasteiger partial charge in [-0.2, -0.15) is 0 Å². The first kappa shape index (κ1) is 18.2. The third kappa shape index (κ3) is 6.62. The Balaban J connectivity index is 2.61. The Morgan fingerprint density at radius 1 is 1.29 bits per heavy atom. The Morgan fingerprint density at radius 2 is 2.05 bits per heavy atom. The number of hydrogen-bond acceptors (Lipinski definition) is 2. The largest absolute Gasteiger partial charge is 0.356 e. The van der Waals surface area contributed by atoms with Gasteiger partial charge in [-0.3, -0.25) is 0 Å². The lowest BCUT2D eigenvalue weighted by Gasteiger charge is -2.16. The summed E-state index contributed by atoms with van der Waals surface area (Å²) >= 11 is 0. The third-order valence-electron chi connectivity index (χ3n) is 4.22. The van der Waals surface area contributed by atoms with Crippen LogP contribution in [0.3, 0.4) is 0 Å². The van der Waals surface area contributed by atoms with E-state index in [0.717, 1.165) is 19.3 Å². The molecule has 2 nitrogen and oxygen atoms in total. The molecule has 1 aliphatic rings. The van der Waals surface area contributed by atoms with Crippen LogP contribution in [0.25, 0.3) is 0 Å². The molecule has 0 radical (unpaired) electrons. The lowest BCUT2D eigenvalue weighted by Crippen LogP contribution is -2.14. The Morgan fingerprint density at radius 3 is 2.67 bits per heavy atom. The minimum Gasteiger partial charge on any atom is -0.356 e. The molecular weight excluding hydrogens is 260 g/mol. The van der Waals surface area contributed by atoms with Gasteiger partial charge < -0.3 is 9.47 Å². The molecule has 3 atom stereocenters. The van der Waals surface area contributed by atoms with Crippen LogP contribution in [0.5, 0.6) is 0 Å². The van der Waals surface area contributed by atoms with Gasteiger partial charge >= 0.3 is 0 Å². The monoisotopic (exact) mass is 292 g/mol. The van der Waals surface area contributed by atoms with E-state index >= 15 is 0 Å². The molecule has 0 spiro atoms. The van der Waals surface area contributed by atoms with Crippen molar-refractivity contribution in [2.45, 2.75) is 71.7 Å². The van der Waals surface area contributed by atoms with E-state index in [2.05, 4.69) is 39.5 Å². The molecule has 0 aromatic carbocycles. The predicted octanol–water partition coefficient (Wildman–Crippen LogP) is 5.41. The molecular formula is C19H32O2. The van der Waals surface area contributed by atoms with Gasteiger partial charge in [0.2, 0.25) is 0 Å². The zero-order valence-corrected chi connectivity index (χ0v) is 14.2. The number of rotatable bonds is 9. The summed E-state index contributed by atoms with van der Waals surface area (Å²) in [6.07, 6.45) is 13.4. The first-order valence-electron chi connectivity index (χ1n) is 8.24. The van der Waals surface area contributed by atoms with Gasteiger partial charge in [-0.25, -0.2) is 0 Å². The summed E-state index contributed by atoms with van der Waals surface area (Å²) in [6, 6.07) is 0. The van der Waals surface area contributed by atoms with Crippen LogP contribution in [-0.2, 0) is 9.47 Å². The molecule has 21 heavy (non-hydrogen) atoms. The molecule has 0 bridgehead atoms.